The van der Waals surface area contributed by atoms with Crippen molar-refractivity contribution in [1.82, 2.24) is 5.32 Å². The Labute approximate surface area is 126 Å². The van der Waals surface area contributed by atoms with Crippen molar-refractivity contribution in [2.24, 2.45) is 10.9 Å². The van der Waals surface area contributed by atoms with Gasteiger partial charge in [0.15, 0.2) is 5.84 Å². The van der Waals surface area contributed by atoms with E-state index in [1.54, 1.807) is 0 Å². The van der Waals surface area contributed by atoms with Gasteiger partial charge in [0, 0.05) is 23.1 Å². The Morgan fingerprint density at radius 3 is 2.45 bits per heavy atom. The fourth-order valence-corrected chi connectivity index (χ4v) is 2.30. The molecule has 0 aliphatic rings. The summed E-state index contributed by atoms with van der Waals surface area (Å²) in [4.78, 5) is 0. The van der Waals surface area contributed by atoms with E-state index in [1.807, 2.05) is 36.4 Å². The van der Waals surface area contributed by atoms with Crippen LogP contribution in [0.25, 0.3) is 0 Å². The molecule has 0 amide bonds. The average molecular weight is 334 g/mol. The van der Waals surface area contributed by atoms with Crippen LogP contribution in [0.15, 0.2) is 58.2 Å². The quantitative estimate of drug-likeness (QED) is 0.341. The summed E-state index contributed by atoms with van der Waals surface area (Å²) >= 11 is 3.46. The van der Waals surface area contributed by atoms with E-state index in [1.165, 1.54) is 5.56 Å². The highest BCUT2D eigenvalue weighted by atomic mass is 79.9. The molecule has 0 saturated carbocycles. The second kappa shape index (κ2) is 7.07. The SMILES string of the molecule is NC(=NO)c1ccc(CNCc2cccc(Br)c2)cc1. The summed E-state index contributed by atoms with van der Waals surface area (Å²) < 4.78 is 1.08. The first-order valence-corrected chi connectivity index (χ1v) is 7.00. The number of amidine groups is 1. The maximum Gasteiger partial charge on any atom is 0.170 e. The highest BCUT2D eigenvalue weighted by Crippen LogP contribution is 2.11. The van der Waals surface area contributed by atoms with Gasteiger partial charge < -0.3 is 16.3 Å². The Kier molecular flexibility index (Phi) is 5.15. The number of benzene rings is 2. The van der Waals surface area contributed by atoms with Gasteiger partial charge in [0.2, 0.25) is 0 Å². The Morgan fingerprint density at radius 1 is 1.10 bits per heavy atom. The molecule has 0 spiro atoms. The molecule has 2 aromatic rings. The molecule has 4 N–H and O–H groups in total. The van der Waals surface area contributed by atoms with Crippen LogP contribution in [0.4, 0.5) is 0 Å². The lowest BCUT2D eigenvalue weighted by molar-refractivity contribution is 0.318. The van der Waals surface area contributed by atoms with E-state index >= 15 is 0 Å². The molecule has 0 atom stereocenters. The van der Waals surface area contributed by atoms with Crippen molar-refractivity contribution >= 4 is 21.8 Å². The fraction of sp³-hybridized carbons (Fsp3) is 0.133. The van der Waals surface area contributed by atoms with E-state index in [-0.39, 0.29) is 5.84 Å². The lowest BCUT2D eigenvalue weighted by atomic mass is 10.1. The van der Waals surface area contributed by atoms with Crippen molar-refractivity contribution in [2.45, 2.75) is 13.1 Å². The van der Waals surface area contributed by atoms with Gasteiger partial charge in [-0.3, -0.25) is 0 Å². The number of halogens is 1. The van der Waals surface area contributed by atoms with Crippen LogP contribution in [0, 0.1) is 0 Å². The zero-order valence-electron chi connectivity index (χ0n) is 10.9. The minimum absolute atomic E-state index is 0.124. The van der Waals surface area contributed by atoms with E-state index in [0.717, 1.165) is 23.1 Å². The largest absolute Gasteiger partial charge is 0.409 e. The summed E-state index contributed by atoms with van der Waals surface area (Å²) in [5.41, 5.74) is 8.60. The molecule has 0 heterocycles. The van der Waals surface area contributed by atoms with Gasteiger partial charge in [-0.1, -0.05) is 57.5 Å². The molecule has 0 bridgehead atoms. The first-order valence-electron chi connectivity index (χ1n) is 6.21. The molecule has 0 aromatic heterocycles. The Balaban J connectivity index is 1.88. The number of nitrogens with zero attached hydrogens (tertiary/aromatic N) is 1. The first kappa shape index (κ1) is 14.6. The molecule has 104 valence electrons. The van der Waals surface area contributed by atoms with Crippen LogP contribution >= 0.6 is 15.9 Å². The number of hydrogen-bond donors (Lipinski definition) is 3. The smallest absolute Gasteiger partial charge is 0.170 e. The fourth-order valence-electron chi connectivity index (χ4n) is 1.85. The van der Waals surface area contributed by atoms with Crippen molar-refractivity contribution in [3.63, 3.8) is 0 Å². The van der Waals surface area contributed by atoms with E-state index in [4.69, 9.17) is 10.9 Å². The molecule has 0 radical (unpaired) electrons. The molecule has 2 aromatic carbocycles. The molecule has 2 rings (SSSR count). The van der Waals surface area contributed by atoms with Gasteiger partial charge in [-0.15, -0.1) is 0 Å². The van der Waals surface area contributed by atoms with Gasteiger partial charge in [-0.05, 0) is 23.3 Å². The average Bonchev–Trinajstić information content (AvgIpc) is 2.47. The molecule has 4 nitrogen and oxygen atoms in total. The van der Waals surface area contributed by atoms with Crippen LogP contribution in [0.1, 0.15) is 16.7 Å². The van der Waals surface area contributed by atoms with Crippen molar-refractivity contribution in [2.75, 3.05) is 0 Å². The molecule has 0 saturated heterocycles. The molecule has 20 heavy (non-hydrogen) atoms. The molecular formula is C15H16BrN3O. The van der Waals surface area contributed by atoms with E-state index in [9.17, 15) is 0 Å². The molecule has 5 heteroatoms. The van der Waals surface area contributed by atoms with Gasteiger partial charge in [-0.2, -0.15) is 0 Å². The van der Waals surface area contributed by atoms with Crippen LogP contribution < -0.4 is 11.1 Å². The minimum atomic E-state index is 0.124. The zero-order chi connectivity index (χ0) is 14.4. The maximum atomic E-state index is 8.59. The minimum Gasteiger partial charge on any atom is -0.409 e. The molecular weight excluding hydrogens is 318 g/mol. The predicted molar refractivity (Wildman–Crippen MR) is 83.6 cm³/mol. The van der Waals surface area contributed by atoms with Crippen LogP contribution in [0.5, 0.6) is 0 Å². The standard InChI is InChI=1S/C15H16BrN3O/c16-14-3-1-2-12(8-14)10-18-9-11-4-6-13(7-5-11)15(17)19-20/h1-8,18,20H,9-10H2,(H2,17,19). The van der Waals surface area contributed by atoms with E-state index in [2.05, 4.69) is 38.5 Å². The van der Waals surface area contributed by atoms with Gasteiger partial charge >= 0.3 is 0 Å². The second-order valence-corrected chi connectivity index (χ2v) is 5.33. The molecule has 0 unspecified atom stereocenters. The van der Waals surface area contributed by atoms with Crippen LogP contribution in [-0.4, -0.2) is 11.0 Å². The van der Waals surface area contributed by atoms with Crippen molar-refractivity contribution < 1.29 is 5.21 Å². The maximum absolute atomic E-state index is 8.59. The third kappa shape index (κ3) is 4.08. The van der Waals surface area contributed by atoms with Crippen LogP contribution in [-0.2, 0) is 13.1 Å². The molecule has 0 aliphatic heterocycles. The third-order valence-electron chi connectivity index (χ3n) is 2.90. The lowest BCUT2D eigenvalue weighted by Crippen LogP contribution is -2.14. The summed E-state index contributed by atoms with van der Waals surface area (Å²) in [6.45, 7) is 1.57. The van der Waals surface area contributed by atoms with Gasteiger partial charge in [0.25, 0.3) is 0 Å². The van der Waals surface area contributed by atoms with Gasteiger partial charge in [0.05, 0.1) is 0 Å². The van der Waals surface area contributed by atoms with Gasteiger partial charge in [-0.25, -0.2) is 0 Å². The highest BCUT2D eigenvalue weighted by molar-refractivity contribution is 9.10. The molecule has 0 aliphatic carbocycles. The summed E-state index contributed by atoms with van der Waals surface area (Å²) in [7, 11) is 0. The molecule has 0 fully saturated rings. The predicted octanol–water partition coefficient (Wildman–Crippen LogP) is 2.83. The summed E-state index contributed by atoms with van der Waals surface area (Å²) in [5, 5.41) is 14.9. The topological polar surface area (TPSA) is 70.6 Å². The van der Waals surface area contributed by atoms with Crippen molar-refractivity contribution in [3.05, 3.63) is 69.7 Å². The summed E-state index contributed by atoms with van der Waals surface area (Å²) in [6, 6.07) is 15.8. The highest BCUT2D eigenvalue weighted by Gasteiger charge is 1.99. The van der Waals surface area contributed by atoms with E-state index in [0.29, 0.717) is 5.56 Å². The number of rotatable bonds is 5. The Morgan fingerprint density at radius 2 is 1.80 bits per heavy atom. The zero-order valence-corrected chi connectivity index (χ0v) is 12.5. The number of hydrogen-bond acceptors (Lipinski definition) is 3. The normalized spacial score (nSPS) is 11.6. The van der Waals surface area contributed by atoms with Crippen LogP contribution in [0.2, 0.25) is 0 Å². The number of nitrogens with two attached hydrogens (primary N) is 1. The Bertz CT molecular complexity index is 596. The number of nitrogens with one attached hydrogen (secondary N) is 1. The van der Waals surface area contributed by atoms with Crippen molar-refractivity contribution in [3.8, 4) is 0 Å². The Hall–Kier alpha value is -1.85. The number of oxime groups is 1. The monoisotopic (exact) mass is 333 g/mol. The second-order valence-electron chi connectivity index (χ2n) is 4.42. The summed E-state index contributed by atoms with van der Waals surface area (Å²) in [5.74, 6) is 0.124. The van der Waals surface area contributed by atoms with Crippen LogP contribution in [0.3, 0.4) is 0 Å². The van der Waals surface area contributed by atoms with E-state index < -0.39 is 0 Å². The summed E-state index contributed by atoms with van der Waals surface area (Å²) in [6.07, 6.45) is 0. The first-order chi connectivity index (χ1) is 9.69. The third-order valence-corrected chi connectivity index (χ3v) is 3.40. The van der Waals surface area contributed by atoms with Crippen molar-refractivity contribution in [1.29, 1.82) is 0 Å². The lowest BCUT2D eigenvalue weighted by Gasteiger charge is -2.06. The van der Waals surface area contributed by atoms with Gasteiger partial charge in [0.1, 0.15) is 0 Å².